The molecule has 1 amide bonds. The second kappa shape index (κ2) is 6.42. The van der Waals surface area contributed by atoms with Gasteiger partial charge in [0.15, 0.2) is 6.61 Å². The van der Waals surface area contributed by atoms with Gasteiger partial charge in [0.1, 0.15) is 5.75 Å². The molecule has 0 aromatic heterocycles. The number of nitrogens with one attached hydrogen (secondary N) is 1. The Morgan fingerprint density at radius 1 is 1.37 bits per heavy atom. The highest BCUT2D eigenvalue weighted by molar-refractivity contribution is 5.94. The molecule has 0 radical (unpaired) electrons. The van der Waals surface area contributed by atoms with Crippen LogP contribution >= 0.6 is 0 Å². The molecule has 7 heteroatoms. The molecule has 4 nitrogen and oxygen atoms in total. The van der Waals surface area contributed by atoms with E-state index in [2.05, 4.69) is 10.1 Å². The van der Waals surface area contributed by atoms with Gasteiger partial charge in [-0.15, -0.1) is 0 Å². The SMILES string of the molecule is CC[C@@H](N)C(=O)Nc1ccc(OCC(F)(F)F)cc1. The number of rotatable bonds is 5. The van der Waals surface area contributed by atoms with Gasteiger partial charge in [-0.3, -0.25) is 4.79 Å². The third-order valence-electron chi connectivity index (χ3n) is 2.30. The number of alkyl halides is 3. The predicted molar refractivity (Wildman–Crippen MR) is 64.9 cm³/mol. The Morgan fingerprint density at radius 2 is 1.95 bits per heavy atom. The van der Waals surface area contributed by atoms with E-state index >= 15 is 0 Å². The van der Waals surface area contributed by atoms with Gasteiger partial charge >= 0.3 is 6.18 Å². The first-order valence-electron chi connectivity index (χ1n) is 5.68. The van der Waals surface area contributed by atoms with Gasteiger partial charge in [-0.05, 0) is 30.7 Å². The van der Waals surface area contributed by atoms with E-state index in [1.54, 1.807) is 6.92 Å². The normalized spacial score (nSPS) is 12.9. The summed E-state index contributed by atoms with van der Waals surface area (Å²) in [6, 6.07) is 4.98. The molecule has 0 aliphatic carbocycles. The molecule has 0 spiro atoms. The Balaban J connectivity index is 2.54. The number of carbonyl (C=O) groups excluding carboxylic acids is 1. The van der Waals surface area contributed by atoms with Crippen LogP contribution in [0.25, 0.3) is 0 Å². The van der Waals surface area contributed by atoms with Crippen LogP contribution in [0.1, 0.15) is 13.3 Å². The number of amides is 1. The molecule has 19 heavy (non-hydrogen) atoms. The highest BCUT2D eigenvalue weighted by Gasteiger charge is 2.28. The van der Waals surface area contributed by atoms with E-state index in [-0.39, 0.29) is 11.7 Å². The molecule has 1 aromatic rings. The van der Waals surface area contributed by atoms with Crippen LogP contribution in [-0.2, 0) is 4.79 Å². The lowest BCUT2D eigenvalue weighted by atomic mass is 10.2. The number of carbonyl (C=O) groups is 1. The van der Waals surface area contributed by atoms with Gasteiger partial charge in [0.25, 0.3) is 0 Å². The van der Waals surface area contributed by atoms with Crippen LogP contribution in [0.3, 0.4) is 0 Å². The summed E-state index contributed by atoms with van der Waals surface area (Å²) in [6.45, 7) is 0.428. The van der Waals surface area contributed by atoms with Crippen LogP contribution in [0.5, 0.6) is 5.75 Å². The standard InChI is InChI=1S/C12H15F3N2O2/c1-2-10(16)11(18)17-8-3-5-9(6-4-8)19-7-12(13,14)15/h3-6,10H,2,7,16H2,1H3,(H,17,18)/t10-/m1/s1. The van der Waals surface area contributed by atoms with Gasteiger partial charge < -0.3 is 15.8 Å². The zero-order valence-corrected chi connectivity index (χ0v) is 10.3. The lowest BCUT2D eigenvalue weighted by molar-refractivity contribution is -0.153. The van der Waals surface area contributed by atoms with E-state index in [4.69, 9.17) is 5.73 Å². The van der Waals surface area contributed by atoms with Crippen LogP contribution < -0.4 is 15.8 Å². The zero-order chi connectivity index (χ0) is 14.5. The average Bonchev–Trinajstić information content (AvgIpc) is 2.36. The van der Waals surface area contributed by atoms with E-state index in [9.17, 15) is 18.0 Å². The molecule has 0 bridgehead atoms. The van der Waals surface area contributed by atoms with E-state index in [1.165, 1.54) is 24.3 Å². The number of ether oxygens (including phenoxy) is 1. The number of nitrogens with two attached hydrogens (primary N) is 1. The summed E-state index contributed by atoms with van der Waals surface area (Å²) in [5.41, 5.74) is 5.98. The van der Waals surface area contributed by atoms with Crippen LogP contribution in [0, 0.1) is 0 Å². The molecule has 0 unspecified atom stereocenters. The van der Waals surface area contributed by atoms with Crippen molar-refractivity contribution < 1.29 is 22.7 Å². The summed E-state index contributed by atoms with van der Waals surface area (Å²) in [6.07, 6.45) is -3.88. The van der Waals surface area contributed by atoms with Crippen molar-refractivity contribution >= 4 is 11.6 Å². The molecule has 1 rings (SSSR count). The van der Waals surface area contributed by atoms with Crippen LogP contribution in [0.4, 0.5) is 18.9 Å². The summed E-state index contributed by atoms with van der Waals surface area (Å²) in [7, 11) is 0. The van der Waals surface area contributed by atoms with Crippen LogP contribution in [-0.4, -0.2) is 24.7 Å². The third-order valence-corrected chi connectivity index (χ3v) is 2.30. The topological polar surface area (TPSA) is 64.4 Å². The molecular weight excluding hydrogens is 261 g/mol. The fourth-order valence-corrected chi connectivity index (χ4v) is 1.22. The molecule has 0 heterocycles. The Morgan fingerprint density at radius 3 is 2.42 bits per heavy atom. The van der Waals surface area contributed by atoms with Crippen molar-refractivity contribution in [2.75, 3.05) is 11.9 Å². The molecule has 0 aliphatic heterocycles. The van der Waals surface area contributed by atoms with Crippen molar-refractivity contribution in [1.82, 2.24) is 0 Å². The summed E-state index contributed by atoms with van der Waals surface area (Å²) < 4.78 is 40.3. The first kappa shape index (κ1) is 15.3. The largest absolute Gasteiger partial charge is 0.484 e. The first-order valence-corrected chi connectivity index (χ1v) is 5.68. The molecule has 106 valence electrons. The maximum absolute atomic E-state index is 11.9. The number of hydrogen-bond acceptors (Lipinski definition) is 3. The van der Waals surface area contributed by atoms with Crippen molar-refractivity contribution in [3.05, 3.63) is 24.3 Å². The van der Waals surface area contributed by atoms with Gasteiger partial charge in [0, 0.05) is 5.69 Å². The Labute approximate surface area is 108 Å². The van der Waals surface area contributed by atoms with Crippen molar-refractivity contribution in [3.63, 3.8) is 0 Å². The Bertz CT molecular complexity index is 418. The minimum absolute atomic E-state index is 0.0788. The Kier molecular flexibility index (Phi) is 5.17. The van der Waals surface area contributed by atoms with Crippen molar-refractivity contribution in [3.8, 4) is 5.75 Å². The van der Waals surface area contributed by atoms with Crippen LogP contribution in [0.2, 0.25) is 0 Å². The molecule has 1 atom stereocenters. The second-order valence-corrected chi connectivity index (χ2v) is 3.93. The summed E-state index contributed by atoms with van der Waals surface area (Å²) >= 11 is 0. The summed E-state index contributed by atoms with van der Waals surface area (Å²) in [5, 5.41) is 2.55. The molecule has 0 saturated carbocycles. The lowest BCUT2D eigenvalue weighted by Crippen LogP contribution is -2.34. The van der Waals surface area contributed by atoms with Crippen molar-refractivity contribution in [1.29, 1.82) is 0 Å². The molecule has 3 N–H and O–H groups in total. The highest BCUT2D eigenvalue weighted by atomic mass is 19.4. The van der Waals surface area contributed by atoms with Gasteiger partial charge in [0.2, 0.25) is 5.91 Å². The fraction of sp³-hybridized carbons (Fsp3) is 0.417. The monoisotopic (exact) mass is 276 g/mol. The predicted octanol–water partition coefficient (Wildman–Crippen LogP) is 2.30. The number of anilines is 1. The average molecular weight is 276 g/mol. The smallest absolute Gasteiger partial charge is 0.422 e. The van der Waals surface area contributed by atoms with E-state index < -0.39 is 18.8 Å². The summed E-state index contributed by atoms with van der Waals surface area (Å²) in [4.78, 5) is 11.5. The number of halogens is 3. The number of benzene rings is 1. The van der Waals surface area contributed by atoms with Crippen molar-refractivity contribution in [2.24, 2.45) is 5.73 Å². The van der Waals surface area contributed by atoms with E-state index in [1.807, 2.05) is 0 Å². The quantitative estimate of drug-likeness (QED) is 0.867. The van der Waals surface area contributed by atoms with Crippen LogP contribution in [0.15, 0.2) is 24.3 Å². The lowest BCUT2D eigenvalue weighted by Gasteiger charge is -2.11. The van der Waals surface area contributed by atoms with E-state index in [0.717, 1.165) is 0 Å². The van der Waals surface area contributed by atoms with Gasteiger partial charge in [0.05, 0.1) is 6.04 Å². The second-order valence-electron chi connectivity index (χ2n) is 3.93. The minimum Gasteiger partial charge on any atom is -0.484 e. The maximum atomic E-state index is 11.9. The minimum atomic E-state index is -4.37. The zero-order valence-electron chi connectivity index (χ0n) is 10.3. The Hall–Kier alpha value is -1.76. The fourth-order valence-electron chi connectivity index (χ4n) is 1.22. The first-order chi connectivity index (χ1) is 8.81. The molecular formula is C12H15F3N2O2. The molecule has 0 aliphatic rings. The molecule has 1 aromatic carbocycles. The maximum Gasteiger partial charge on any atom is 0.422 e. The molecule has 0 fully saturated rings. The molecule has 0 saturated heterocycles. The number of hydrogen-bond donors (Lipinski definition) is 2. The van der Waals surface area contributed by atoms with Crippen molar-refractivity contribution in [2.45, 2.75) is 25.6 Å². The summed E-state index contributed by atoms with van der Waals surface area (Å²) in [5.74, 6) is -0.262. The van der Waals surface area contributed by atoms with Gasteiger partial charge in [-0.1, -0.05) is 6.92 Å². The highest BCUT2D eigenvalue weighted by Crippen LogP contribution is 2.20. The van der Waals surface area contributed by atoms with E-state index in [0.29, 0.717) is 12.1 Å². The third kappa shape index (κ3) is 5.60. The van der Waals surface area contributed by atoms with Gasteiger partial charge in [-0.25, -0.2) is 0 Å². The van der Waals surface area contributed by atoms with Gasteiger partial charge in [-0.2, -0.15) is 13.2 Å².